The summed E-state index contributed by atoms with van der Waals surface area (Å²) in [5.74, 6) is 6.39. The molecule has 0 spiro atoms. The van der Waals surface area contributed by atoms with Crippen LogP contribution in [0.25, 0.3) is 0 Å². The summed E-state index contributed by atoms with van der Waals surface area (Å²) in [5.41, 5.74) is 6.28. The van der Waals surface area contributed by atoms with E-state index in [4.69, 9.17) is 24.7 Å². The topological polar surface area (TPSA) is 229 Å². The van der Waals surface area contributed by atoms with E-state index in [9.17, 15) is 29.1 Å². The van der Waals surface area contributed by atoms with Gasteiger partial charge in [-0.15, -0.1) is 11.8 Å². The lowest BCUT2D eigenvalue weighted by Crippen LogP contribution is -2.54. The molecule has 0 bridgehead atoms. The van der Waals surface area contributed by atoms with E-state index < -0.39 is 41.9 Å². The molecule has 6 amide bonds. The molecular weight excluding hydrogens is 700 g/mol. The zero-order valence-corrected chi connectivity index (χ0v) is 31.5. The lowest BCUT2D eigenvalue weighted by Gasteiger charge is -2.25. The quantitative estimate of drug-likeness (QED) is 0.0565. The summed E-state index contributed by atoms with van der Waals surface area (Å²) in [6.45, 7) is 6.09. The number of aliphatic hydroxyl groups excluding tert-OH is 1. The number of carbonyl (C=O) groups is 5. The number of fused-ring (bicyclic) bond motifs is 1. The highest BCUT2D eigenvalue weighted by Crippen LogP contribution is 2.52. The number of carbonyl (C=O) groups excluding carboxylic acids is 5. The maximum absolute atomic E-state index is 13.3. The van der Waals surface area contributed by atoms with Gasteiger partial charge < -0.3 is 56.4 Å². The molecule has 4 atom stereocenters. The van der Waals surface area contributed by atoms with Crippen LogP contribution >= 0.6 is 0 Å². The van der Waals surface area contributed by atoms with Gasteiger partial charge in [0.05, 0.1) is 52.9 Å². The van der Waals surface area contributed by atoms with Crippen molar-refractivity contribution < 1.29 is 48.0 Å². The molecule has 3 rings (SSSR count). The molecular formula is C38H58N6O10. The largest absolute Gasteiger partial charge is 0.449 e. The molecule has 2 aliphatic carbocycles. The summed E-state index contributed by atoms with van der Waals surface area (Å²) in [6.07, 6.45) is 4.17. The third-order valence-corrected chi connectivity index (χ3v) is 9.25. The average Bonchev–Trinajstić information content (AvgIpc) is 3.79. The molecule has 16 nitrogen and oxygen atoms in total. The Morgan fingerprint density at radius 3 is 2.07 bits per heavy atom. The van der Waals surface area contributed by atoms with E-state index in [0.717, 1.165) is 25.7 Å². The fraction of sp³-hybridized carbons (Fsp3) is 0.658. The van der Waals surface area contributed by atoms with Crippen LogP contribution in [0.3, 0.4) is 0 Å². The molecule has 1 fully saturated rings. The number of aliphatic hydroxyl groups is 1. The van der Waals surface area contributed by atoms with Gasteiger partial charge in [0, 0.05) is 38.0 Å². The molecule has 1 aromatic carbocycles. The highest BCUT2D eigenvalue weighted by molar-refractivity contribution is 5.98. The fourth-order valence-corrected chi connectivity index (χ4v) is 6.19. The van der Waals surface area contributed by atoms with Gasteiger partial charge in [0.2, 0.25) is 17.7 Å². The lowest BCUT2D eigenvalue weighted by molar-refractivity contribution is -0.132. The van der Waals surface area contributed by atoms with Crippen LogP contribution in [0, 0.1) is 35.5 Å². The molecule has 0 aromatic heterocycles. The Balaban J connectivity index is 1.24. The SMILES string of the molecule is CC(C)C(NC(=O)CCOCCOCCOCCNC(=O)OCC1C2CCC#CCCC21)C(=O)NC(CCCNC(N)=O)C(=O)Nc1ccc(CO)cc1. The molecule has 0 heterocycles. The number of ether oxygens (including phenoxy) is 4. The third-order valence-electron chi connectivity index (χ3n) is 9.25. The second-order valence-electron chi connectivity index (χ2n) is 13.7. The first-order chi connectivity index (χ1) is 26.1. The first-order valence-corrected chi connectivity index (χ1v) is 18.8. The van der Waals surface area contributed by atoms with Gasteiger partial charge in [-0.1, -0.05) is 26.0 Å². The molecule has 1 aromatic rings. The summed E-state index contributed by atoms with van der Waals surface area (Å²) in [6, 6.07) is 4.02. The standard InChI is InChI=1S/C38H58N6O10/c1-26(2)34(36(48)43-32(10-7-16-40-37(39)49)35(47)42-28-13-11-27(24-45)12-14-28)44-33(46)15-18-51-20-22-53-23-21-52-19-17-41-38(50)54-25-31-29-8-5-3-4-6-9-30(29)31/h11-14,26,29-32,34,45H,5-10,15-25H2,1-2H3,(H,41,50)(H,42,47)(H,43,48)(H,44,46)(H3,39,40,49). The van der Waals surface area contributed by atoms with Crippen molar-refractivity contribution in [2.75, 3.05) is 64.7 Å². The Morgan fingerprint density at radius 2 is 1.46 bits per heavy atom. The minimum absolute atomic E-state index is 0.0123. The normalized spacial score (nSPS) is 18.3. The van der Waals surface area contributed by atoms with Crippen molar-refractivity contribution in [1.29, 1.82) is 0 Å². The van der Waals surface area contributed by atoms with E-state index in [1.54, 1.807) is 38.1 Å². The Labute approximate surface area is 317 Å². The predicted octanol–water partition coefficient (Wildman–Crippen LogP) is 1.80. The summed E-state index contributed by atoms with van der Waals surface area (Å²) < 4.78 is 21.9. The fourth-order valence-electron chi connectivity index (χ4n) is 6.19. The minimum atomic E-state index is -0.968. The molecule has 0 radical (unpaired) electrons. The Bertz CT molecular complexity index is 1380. The van der Waals surface area contributed by atoms with E-state index >= 15 is 0 Å². The van der Waals surface area contributed by atoms with Crippen molar-refractivity contribution in [2.45, 2.75) is 77.5 Å². The number of anilines is 1. The van der Waals surface area contributed by atoms with E-state index in [1.807, 2.05) is 0 Å². The monoisotopic (exact) mass is 758 g/mol. The number of primary amides is 1. The van der Waals surface area contributed by atoms with Gasteiger partial charge >= 0.3 is 12.1 Å². The van der Waals surface area contributed by atoms with E-state index in [1.165, 1.54) is 0 Å². The molecule has 0 saturated heterocycles. The molecule has 0 aliphatic heterocycles. The maximum atomic E-state index is 13.3. The van der Waals surface area contributed by atoms with Crippen LogP contribution in [-0.4, -0.2) is 106 Å². The highest BCUT2D eigenvalue weighted by atomic mass is 16.6. The number of alkyl carbamates (subject to hydrolysis) is 1. The van der Waals surface area contributed by atoms with Gasteiger partial charge in [-0.3, -0.25) is 14.4 Å². The Hall–Kier alpha value is -4.43. The van der Waals surface area contributed by atoms with Crippen molar-refractivity contribution >= 4 is 35.5 Å². The number of nitrogens with one attached hydrogen (secondary N) is 5. The van der Waals surface area contributed by atoms with Gasteiger partial charge in [0.1, 0.15) is 12.1 Å². The number of hydrogen-bond acceptors (Lipinski definition) is 10. The molecule has 4 unspecified atom stereocenters. The number of rotatable bonds is 25. The van der Waals surface area contributed by atoms with Gasteiger partial charge in [-0.25, -0.2) is 9.59 Å². The van der Waals surface area contributed by atoms with Crippen LogP contribution in [0.1, 0.15) is 64.4 Å². The third kappa shape index (κ3) is 17.1. The van der Waals surface area contributed by atoms with Gasteiger partial charge in [-0.05, 0) is 67.1 Å². The summed E-state index contributed by atoms with van der Waals surface area (Å²) in [5, 5.41) is 22.7. The Kier molecular flexibility index (Phi) is 20.2. The summed E-state index contributed by atoms with van der Waals surface area (Å²) >= 11 is 0. The van der Waals surface area contributed by atoms with Crippen LogP contribution in [0.15, 0.2) is 24.3 Å². The lowest BCUT2D eigenvalue weighted by atomic mass is 10.0. The van der Waals surface area contributed by atoms with Crippen molar-refractivity contribution in [3.05, 3.63) is 29.8 Å². The number of urea groups is 1. The second-order valence-corrected chi connectivity index (χ2v) is 13.7. The zero-order valence-electron chi connectivity index (χ0n) is 31.5. The molecule has 54 heavy (non-hydrogen) atoms. The number of amides is 6. The number of nitrogens with two attached hydrogens (primary N) is 1. The van der Waals surface area contributed by atoms with Crippen LogP contribution in [0.4, 0.5) is 15.3 Å². The van der Waals surface area contributed by atoms with Crippen LogP contribution < -0.4 is 32.3 Å². The summed E-state index contributed by atoms with van der Waals surface area (Å²) in [4.78, 5) is 62.2. The molecule has 2 aliphatic rings. The van der Waals surface area contributed by atoms with Crippen LogP contribution in [0.2, 0.25) is 0 Å². The predicted molar refractivity (Wildman–Crippen MR) is 200 cm³/mol. The van der Waals surface area contributed by atoms with Crippen molar-refractivity contribution in [3.63, 3.8) is 0 Å². The molecule has 8 N–H and O–H groups in total. The van der Waals surface area contributed by atoms with Crippen molar-refractivity contribution in [2.24, 2.45) is 29.4 Å². The number of benzene rings is 1. The smallest absolute Gasteiger partial charge is 0.407 e. The van der Waals surface area contributed by atoms with Crippen molar-refractivity contribution in [1.82, 2.24) is 21.3 Å². The van der Waals surface area contributed by atoms with E-state index in [0.29, 0.717) is 75.0 Å². The molecule has 1 saturated carbocycles. The van der Waals surface area contributed by atoms with Gasteiger partial charge in [0.25, 0.3) is 0 Å². The second kappa shape index (κ2) is 24.8. The van der Waals surface area contributed by atoms with Crippen LogP contribution in [0.5, 0.6) is 0 Å². The molecule has 16 heteroatoms. The Morgan fingerprint density at radius 1 is 0.833 bits per heavy atom. The van der Waals surface area contributed by atoms with Gasteiger partial charge in [-0.2, -0.15) is 0 Å². The average molecular weight is 759 g/mol. The number of hydrogen-bond donors (Lipinski definition) is 7. The summed E-state index contributed by atoms with van der Waals surface area (Å²) in [7, 11) is 0. The first kappa shape index (κ1) is 44.0. The maximum Gasteiger partial charge on any atom is 0.407 e. The van der Waals surface area contributed by atoms with Gasteiger partial charge in [0.15, 0.2) is 0 Å². The van der Waals surface area contributed by atoms with E-state index in [-0.39, 0.29) is 45.1 Å². The zero-order chi connectivity index (χ0) is 39.1. The highest BCUT2D eigenvalue weighted by Gasteiger charge is 2.49. The van der Waals surface area contributed by atoms with Crippen LogP contribution in [-0.2, 0) is 39.9 Å². The van der Waals surface area contributed by atoms with E-state index in [2.05, 4.69) is 38.4 Å². The minimum Gasteiger partial charge on any atom is -0.449 e. The first-order valence-electron chi connectivity index (χ1n) is 18.8. The molecule has 300 valence electrons. The van der Waals surface area contributed by atoms with Crippen molar-refractivity contribution in [3.8, 4) is 11.8 Å².